The molecule has 7 atom stereocenters. The van der Waals surface area contributed by atoms with Gasteiger partial charge in [0.05, 0.1) is 23.7 Å². The highest BCUT2D eigenvalue weighted by atomic mass is 16.7. The van der Waals surface area contributed by atoms with Gasteiger partial charge < -0.3 is 29.9 Å². The van der Waals surface area contributed by atoms with Crippen LogP contribution in [0.15, 0.2) is 0 Å². The van der Waals surface area contributed by atoms with Crippen LogP contribution in [-0.2, 0) is 19.1 Å². The first-order valence-corrected chi connectivity index (χ1v) is 9.35. The topological polar surface area (TPSA) is 134 Å². The van der Waals surface area contributed by atoms with Gasteiger partial charge in [0.15, 0.2) is 6.61 Å². The molecule has 0 spiro atoms. The summed E-state index contributed by atoms with van der Waals surface area (Å²) in [7, 11) is 0. The molecule has 156 valence electrons. The van der Waals surface area contributed by atoms with E-state index in [-0.39, 0.29) is 12.8 Å². The van der Waals surface area contributed by atoms with Crippen LogP contribution in [0.4, 0.5) is 0 Å². The van der Waals surface area contributed by atoms with Crippen molar-refractivity contribution in [1.29, 1.82) is 0 Å². The maximum absolute atomic E-state index is 11.6. The zero-order valence-electron chi connectivity index (χ0n) is 16.7. The maximum atomic E-state index is 11.6. The first-order chi connectivity index (χ1) is 12.2. The predicted octanol–water partition coefficient (Wildman–Crippen LogP) is 0.490. The number of esters is 2. The van der Waals surface area contributed by atoms with E-state index in [1.807, 2.05) is 6.92 Å². The summed E-state index contributed by atoms with van der Waals surface area (Å²) >= 11 is 0. The van der Waals surface area contributed by atoms with E-state index in [4.69, 9.17) is 9.47 Å². The van der Waals surface area contributed by atoms with Crippen molar-refractivity contribution in [3.05, 3.63) is 0 Å². The predicted molar refractivity (Wildman–Crippen MR) is 94.2 cm³/mol. The molecule has 8 heteroatoms. The third-order valence-electron chi connectivity index (χ3n) is 7.27. The molecule has 3 unspecified atom stereocenters. The van der Waals surface area contributed by atoms with Gasteiger partial charge in [0, 0.05) is 24.7 Å². The van der Waals surface area contributed by atoms with Crippen molar-refractivity contribution in [3.8, 4) is 0 Å². The van der Waals surface area contributed by atoms with Crippen molar-refractivity contribution >= 4 is 11.9 Å². The molecule has 0 aromatic carbocycles. The van der Waals surface area contributed by atoms with Crippen LogP contribution in [0.1, 0.15) is 60.3 Å². The molecule has 0 saturated heterocycles. The van der Waals surface area contributed by atoms with Crippen LogP contribution in [0.25, 0.3) is 0 Å². The standard InChI is InChI=1S/C19H32O8/c1-11(20)26-10-19(25,27-12(2)21)13-6-8-16(3)14(22)7-9-17(4,24)18(16,5)15(13)23/h13-15,22-25H,6-10H2,1-5H3/t13-,14-,15?,16+,17-,18?,19?/m1/s1. The summed E-state index contributed by atoms with van der Waals surface area (Å²) in [6.45, 7) is 6.77. The van der Waals surface area contributed by atoms with Crippen molar-refractivity contribution in [2.45, 2.75) is 83.9 Å². The summed E-state index contributed by atoms with van der Waals surface area (Å²) in [5.41, 5.74) is -3.31. The van der Waals surface area contributed by atoms with Crippen LogP contribution < -0.4 is 0 Å². The molecule has 0 bridgehead atoms. The molecule has 0 aromatic rings. The Bertz CT molecular complexity index is 605. The van der Waals surface area contributed by atoms with E-state index in [1.165, 1.54) is 0 Å². The van der Waals surface area contributed by atoms with Gasteiger partial charge in [-0.05, 0) is 32.6 Å². The molecule has 0 aromatic heterocycles. The van der Waals surface area contributed by atoms with Gasteiger partial charge >= 0.3 is 11.9 Å². The molecule has 0 amide bonds. The lowest BCUT2D eigenvalue weighted by Crippen LogP contribution is -2.72. The van der Waals surface area contributed by atoms with Crippen LogP contribution in [0.2, 0.25) is 0 Å². The largest absolute Gasteiger partial charge is 0.459 e. The Hall–Kier alpha value is -1.22. The second-order valence-electron chi connectivity index (χ2n) is 8.76. The highest BCUT2D eigenvalue weighted by Crippen LogP contribution is 2.64. The molecule has 2 rings (SSSR count). The van der Waals surface area contributed by atoms with E-state index in [1.54, 1.807) is 13.8 Å². The van der Waals surface area contributed by atoms with Gasteiger partial charge in [-0.3, -0.25) is 9.59 Å². The summed E-state index contributed by atoms with van der Waals surface area (Å²) < 4.78 is 9.97. The molecular weight excluding hydrogens is 356 g/mol. The van der Waals surface area contributed by atoms with Crippen LogP contribution in [-0.4, -0.2) is 62.6 Å². The second kappa shape index (κ2) is 6.99. The number of carbonyl (C=O) groups is 2. The van der Waals surface area contributed by atoms with Crippen molar-refractivity contribution in [1.82, 2.24) is 0 Å². The molecule has 27 heavy (non-hydrogen) atoms. The fourth-order valence-corrected chi connectivity index (χ4v) is 5.19. The highest BCUT2D eigenvalue weighted by Gasteiger charge is 2.69. The Morgan fingerprint density at radius 3 is 2.19 bits per heavy atom. The molecule has 2 saturated carbocycles. The van der Waals surface area contributed by atoms with Crippen molar-refractivity contribution in [2.75, 3.05) is 6.61 Å². The van der Waals surface area contributed by atoms with Crippen molar-refractivity contribution in [3.63, 3.8) is 0 Å². The molecule has 0 aliphatic heterocycles. The molecule has 2 fully saturated rings. The van der Waals surface area contributed by atoms with Crippen molar-refractivity contribution in [2.24, 2.45) is 16.7 Å². The monoisotopic (exact) mass is 388 g/mol. The third-order valence-corrected chi connectivity index (χ3v) is 7.27. The number of fused-ring (bicyclic) bond motifs is 1. The first kappa shape index (κ1) is 22.1. The van der Waals surface area contributed by atoms with Crippen LogP contribution in [0.3, 0.4) is 0 Å². The molecule has 8 nitrogen and oxygen atoms in total. The van der Waals surface area contributed by atoms with Gasteiger partial charge in [0.25, 0.3) is 5.79 Å². The Balaban J connectivity index is 2.47. The third kappa shape index (κ3) is 3.37. The molecule has 0 heterocycles. The van der Waals surface area contributed by atoms with Gasteiger partial charge in [-0.25, -0.2) is 0 Å². The van der Waals surface area contributed by atoms with Gasteiger partial charge in [-0.15, -0.1) is 0 Å². The average Bonchev–Trinajstić information content (AvgIpc) is 2.53. The van der Waals surface area contributed by atoms with E-state index in [2.05, 4.69) is 0 Å². The summed E-state index contributed by atoms with van der Waals surface area (Å²) in [6, 6.07) is 0. The fourth-order valence-electron chi connectivity index (χ4n) is 5.19. The van der Waals surface area contributed by atoms with E-state index in [0.29, 0.717) is 12.8 Å². The summed E-state index contributed by atoms with van der Waals surface area (Å²) in [4.78, 5) is 22.8. The van der Waals surface area contributed by atoms with Gasteiger partial charge in [-0.1, -0.05) is 13.8 Å². The number of aliphatic hydroxyl groups is 4. The minimum atomic E-state index is -2.24. The minimum absolute atomic E-state index is 0.214. The lowest BCUT2D eigenvalue weighted by atomic mass is 9.42. The summed E-state index contributed by atoms with van der Waals surface area (Å²) in [5.74, 6) is -4.69. The number of ether oxygens (including phenoxy) is 2. The first-order valence-electron chi connectivity index (χ1n) is 9.35. The van der Waals surface area contributed by atoms with E-state index < -0.39 is 58.9 Å². The minimum Gasteiger partial charge on any atom is -0.459 e. The number of carbonyl (C=O) groups excluding carboxylic acids is 2. The van der Waals surface area contributed by atoms with Gasteiger partial charge in [-0.2, -0.15) is 0 Å². The second-order valence-corrected chi connectivity index (χ2v) is 8.76. The summed E-state index contributed by atoms with van der Waals surface area (Å²) in [5, 5.41) is 44.1. The SMILES string of the molecule is CC(=O)OCC(O)(OC(C)=O)[C@@H]1CC[C@@]2(C)[C@H](O)CC[C@@](C)(O)C2(C)C1O. The number of rotatable bonds is 4. The summed E-state index contributed by atoms with van der Waals surface area (Å²) in [6.07, 6.45) is -0.773. The average molecular weight is 388 g/mol. The fraction of sp³-hybridized carbons (Fsp3) is 0.895. The molecule has 2 aliphatic carbocycles. The normalized spacial score (nSPS) is 44.0. The van der Waals surface area contributed by atoms with Crippen LogP contribution in [0, 0.1) is 16.7 Å². The van der Waals surface area contributed by atoms with Crippen LogP contribution >= 0.6 is 0 Å². The molecular formula is C19H32O8. The highest BCUT2D eigenvalue weighted by molar-refractivity contribution is 5.67. The van der Waals surface area contributed by atoms with Crippen LogP contribution in [0.5, 0.6) is 0 Å². The van der Waals surface area contributed by atoms with Gasteiger partial charge in [0.2, 0.25) is 0 Å². The number of aliphatic hydroxyl groups excluding tert-OH is 2. The van der Waals surface area contributed by atoms with E-state index in [9.17, 15) is 30.0 Å². The smallest absolute Gasteiger partial charge is 0.305 e. The number of hydrogen-bond acceptors (Lipinski definition) is 8. The van der Waals surface area contributed by atoms with Gasteiger partial charge in [0.1, 0.15) is 0 Å². The molecule has 2 aliphatic rings. The Morgan fingerprint density at radius 2 is 1.67 bits per heavy atom. The van der Waals surface area contributed by atoms with E-state index in [0.717, 1.165) is 13.8 Å². The Labute approximate surface area is 159 Å². The van der Waals surface area contributed by atoms with E-state index >= 15 is 0 Å². The zero-order chi connectivity index (χ0) is 20.8. The zero-order valence-corrected chi connectivity index (χ0v) is 16.7. The lowest BCUT2D eigenvalue weighted by Gasteiger charge is -2.66. The molecule has 0 radical (unpaired) electrons. The molecule has 4 N–H and O–H groups in total. The Morgan fingerprint density at radius 1 is 1.07 bits per heavy atom. The number of hydrogen-bond donors (Lipinski definition) is 4. The quantitative estimate of drug-likeness (QED) is 0.404. The van der Waals surface area contributed by atoms with Crippen molar-refractivity contribution < 1.29 is 39.5 Å². The maximum Gasteiger partial charge on any atom is 0.305 e. The Kier molecular flexibility index (Phi) is 5.71. The lowest BCUT2D eigenvalue weighted by molar-refractivity contribution is -0.323.